The predicted molar refractivity (Wildman–Crippen MR) is 102 cm³/mol. The number of esters is 1. The van der Waals surface area contributed by atoms with Gasteiger partial charge in [0.2, 0.25) is 5.78 Å². The summed E-state index contributed by atoms with van der Waals surface area (Å²) < 4.78 is 15.7. The van der Waals surface area contributed by atoms with E-state index in [2.05, 4.69) is 4.98 Å². The molecule has 0 aliphatic carbocycles. The van der Waals surface area contributed by atoms with E-state index in [9.17, 15) is 14.4 Å². The number of furan rings is 1. The topological polar surface area (TPSA) is 98.6 Å². The summed E-state index contributed by atoms with van der Waals surface area (Å²) >= 11 is 0. The average molecular weight is 383 g/mol. The summed E-state index contributed by atoms with van der Waals surface area (Å²) in [5, 5.41) is 0.783. The van der Waals surface area contributed by atoms with Gasteiger partial charge in [-0.25, -0.2) is 0 Å². The monoisotopic (exact) mass is 383 g/mol. The Morgan fingerprint density at radius 1 is 1.18 bits per heavy atom. The molecule has 2 aromatic heterocycles. The smallest absolute Gasteiger partial charge is 0.310 e. The molecule has 0 saturated carbocycles. The van der Waals surface area contributed by atoms with E-state index in [0.29, 0.717) is 33.7 Å². The number of benzene rings is 1. The normalized spacial score (nSPS) is 10.9. The first-order valence-corrected chi connectivity index (χ1v) is 8.74. The minimum Gasteiger partial charge on any atom is -0.497 e. The van der Waals surface area contributed by atoms with E-state index in [1.54, 1.807) is 39.2 Å². The van der Waals surface area contributed by atoms with Crippen LogP contribution in [0.3, 0.4) is 0 Å². The van der Waals surface area contributed by atoms with Gasteiger partial charge in [-0.15, -0.1) is 0 Å². The molecule has 3 aromatic rings. The Morgan fingerprint density at radius 3 is 2.57 bits per heavy atom. The molecule has 0 fully saturated rings. The SMILES string of the molecule is COc1ccc2c(CC(=O)OCC(=O)c3[nH]c(C)c(C(C)=O)c3C)coc2c1. The second kappa shape index (κ2) is 7.72. The summed E-state index contributed by atoms with van der Waals surface area (Å²) in [6.07, 6.45) is 1.47. The Bertz CT molecular complexity index is 1070. The summed E-state index contributed by atoms with van der Waals surface area (Å²) in [5.74, 6) is -0.392. The minimum absolute atomic E-state index is 0.0198. The van der Waals surface area contributed by atoms with Crippen LogP contribution in [0.1, 0.15) is 44.6 Å². The van der Waals surface area contributed by atoms with Crippen molar-refractivity contribution in [3.63, 3.8) is 0 Å². The number of methoxy groups -OCH3 is 1. The number of aryl methyl sites for hydroxylation is 1. The third-order valence-corrected chi connectivity index (χ3v) is 4.63. The summed E-state index contributed by atoms with van der Waals surface area (Å²) in [6.45, 7) is 4.47. The van der Waals surface area contributed by atoms with Crippen LogP contribution in [0.15, 0.2) is 28.9 Å². The molecule has 146 valence electrons. The fourth-order valence-electron chi connectivity index (χ4n) is 3.31. The molecule has 7 nitrogen and oxygen atoms in total. The summed E-state index contributed by atoms with van der Waals surface area (Å²) in [6, 6.07) is 5.32. The highest BCUT2D eigenvalue weighted by Crippen LogP contribution is 2.26. The van der Waals surface area contributed by atoms with Gasteiger partial charge in [0, 0.05) is 28.3 Å². The van der Waals surface area contributed by atoms with Gasteiger partial charge >= 0.3 is 5.97 Å². The van der Waals surface area contributed by atoms with E-state index in [1.165, 1.54) is 13.2 Å². The Morgan fingerprint density at radius 2 is 1.93 bits per heavy atom. The molecule has 0 atom stereocenters. The number of ether oxygens (including phenoxy) is 2. The van der Waals surface area contributed by atoms with Crippen molar-refractivity contribution in [2.45, 2.75) is 27.2 Å². The number of carbonyl (C=O) groups is 3. The predicted octanol–water partition coefficient (Wildman–Crippen LogP) is 3.56. The van der Waals surface area contributed by atoms with Gasteiger partial charge in [-0.1, -0.05) is 0 Å². The van der Waals surface area contributed by atoms with Crippen LogP contribution < -0.4 is 4.74 Å². The lowest BCUT2D eigenvalue weighted by atomic mass is 10.1. The van der Waals surface area contributed by atoms with Crippen molar-refractivity contribution >= 4 is 28.5 Å². The zero-order valence-electron chi connectivity index (χ0n) is 16.2. The fraction of sp³-hybridized carbons (Fsp3) is 0.286. The largest absolute Gasteiger partial charge is 0.497 e. The lowest BCUT2D eigenvalue weighted by molar-refractivity contribution is -0.141. The number of aromatic nitrogens is 1. The second-order valence-electron chi connectivity index (χ2n) is 6.56. The molecule has 1 aromatic carbocycles. The molecule has 0 unspecified atom stereocenters. The van der Waals surface area contributed by atoms with Gasteiger partial charge in [-0.3, -0.25) is 14.4 Å². The molecule has 7 heteroatoms. The van der Waals surface area contributed by atoms with Crippen molar-refractivity contribution in [3.05, 3.63) is 52.5 Å². The molecule has 0 bridgehead atoms. The number of Topliss-reactive ketones (excluding diaryl/α,β-unsaturated/α-hetero) is 2. The number of carbonyl (C=O) groups excluding carboxylic acids is 3. The number of rotatable bonds is 7. The Labute approximate surface area is 161 Å². The number of aromatic amines is 1. The molecule has 0 aliphatic rings. The minimum atomic E-state index is -0.542. The van der Waals surface area contributed by atoms with E-state index in [1.807, 2.05) is 0 Å². The molecule has 0 saturated heterocycles. The Hall–Kier alpha value is -3.35. The van der Waals surface area contributed by atoms with E-state index in [4.69, 9.17) is 13.9 Å². The maximum atomic E-state index is 12.4. The highest BCUT2D eigenvalue weighted by molar-refractivity contribution is 6.04. The number of H-pyrrole nitrogens is 1. The first-order valence-electron chi connectivity index (χ1n) is 8.74. The van der Waals surface area contributed by atoms with Gasteiger partial charge in [-0.05, 0) is 38.5 Å². The molecular formula is C21H21NO6. The Balaban J connectivity index is 1.66. The maximum Gasteiger partial charge on any atom is 0.310 e. The third kappa shape index (κ3) is 3.69. The number of fused-ring (bicyclic) bond motifs is 1. The molecule has 0 radical (unpaired) electrons. The van der Waals surface area contributed by atoms with E-state index in [-0.39, 0.29) is 23.7 Å². The van der Waals surface area contributed by atoms with Gasteiger partial charge in [0.15, 0.2) is 12.4 Å². The van der Waals surface area contributed by atoms with Crippen molar-refractivity contribution in [1.29, 1.82) is 0 Å². The molecule has 3 rings (SSSR count). The fourth-order valence-corrected chi connectivity index (χ4v) is 3.31. The van der Waals surface area contributed by atoms with Crippen LogP contribution in [-0.2, 0) is 16.0 Å². The van der Waals surface area contributed by atoms with Crippen LogP contribution >= 0.6 is 0 Å². The molecule has 2 heterocycles. The van der Waals surface area contributed by atoms with E-state index in [0.717, 1.165) is 5.39 Å². The highest BCUT2D eigenvalue weighted by atomic mass is 16.5. The molecule has 28 heavy (non-hydrogen) atoms. The van der Waals surface area contributed by atoms with Crippen molar-refractivity contribution in [1.82, 2.24) is 4.98 Å². The molecule has 0 amide bonds. The van der Waals surface area contributed by atoms with Crippen LogP contribution in [-0.4, -0.2) is 36.2 Å². The zero-order valence-corrected chi connectivity index (χ0v) is 16.2. The van der Waals surface area contributed by atoms with Crippen LogP contribution in [0.25, 0.3) is 11.0 Å². The number of ketones is 2. The maximum absolute atomic E-state index is 12.4. The molecular weight excluding hydrogens is 362 g/mol. The molecule has 0 spiro atoms. The van der Waals surface area contributed by atoms with Crippen molar-refractivity contribution < 1.29 is 28.3 Å². The summed E-state index contributed by atoms with van der Waals surface area (Å²) in [7, 11) is 1.56. The lowest BCUT2D eigenvalue weighted by Crippen LogP contribution is -2.16. The van der Waals surface area contributed by atoms with Crippen LogP contribution in [0.4, 0.5) is 0 Å². The average Bonchev–Trinajstić information content (AvgIpc) is 3.19. The van der Waals surface area contributed by atoms with E-state index >= 15 is 0 Å². The summed E-state index contributed by atoms with van der Waals surface area (Å²) in [4.78, 5) is 39.2. The van der Waals surface area contributed by atoms with Gasteiger partial charge in [0.25, 0.3) is 0 Å². The van der Waals surface area contributed by atoms with Crippen LogP contribution in [0.2, 0.25) is 0 Å². The molecule has 0 aliphatic heterocycles. The first kappa shape index (κ1) is 19.4. The van der Waals surface area contributed by atoms with Gasteiger partial charge in [0.1, 0.15) is 11.3 Å². The van der Waals surface area contributed by atoms with Crippen LogP contribution in [0, 0.1) is 13.8 Å². The lowest BCUT2D eigenvalue weighted by Gasteiger charge is -2.04. The third-order valence-electron chi connectivity index (χ3n) is 4.63. The van der Waals surface area contributed by atoms with Gasteiger partial charge < -0.3 is 18.9 Å². The van der Waals surface area contributed by atoms with Crippen molar-refractivity contribution in [2.75, 3.05) is 13.7 Å². The second-order valence-corrected chi connectivity index (χ2v) is 6.56. The molecule has 1 N–H and O–H groups in total. The van der Waals surface area contributed by atoms with Gasteiger partial charge in [0.05, 0.1) is 25.5 Å². The quantitative estimate of drug-likeness (QED) is 0.495. The first-order chi connectivity index (χ1) is 13.3. The van der Waals surface area contributed by atoms with Crippen LogP contribution in [0.5, 0.6) is 5.75 Å². The number of hydrogen-bond donors (Lipinski definition) is 1. The standard InChI is InChI=1S/C21H21NO6/c1-11-20(13(3)23)12(2)22-21(11)17(24)10-28-19(25)7-14-9-27-18-8-15(26-4)5-6-16(14)18/h5-6,8-9,22H,7,10H2,1-4H3. The van der Waals surface area contributed by atoms with Gasteiger partial charge in [-0.2, -0.15) is 0 Å². The highest BCUT2D eigenvalue weighted by Gasteiger charge is 2.21. The zero-order chi connectivity index (χ0) is 20.4. The summed E-state index contributed by atoms with van der Waals surface area (Å²) in [5.41, 5.74) is 3.25. The van der Waals surface area contributed by atoms with E-state index < -0.39 is 12.6 Å². The Kier molecular flexibility index (Phi) is 5.35. The number of nitrogens with one attached hydrogen (secondary N) is 1. The van der Waals surface area contributed by atoms with Crippen molar-refractivity contribution in [3.8, 4) is 5.75 Å². The van der Waals surface area contributed by atoms with Crippen molar-refractivity contribution in [2.24, 2.45) is 0 Å². The number of hydrogen-bond acceptors (Lipinski definition) is 6.